The Kier molecular flexibility index (Phi) is 4.56. The fourth-order valence-electron chi connectivity index (χ4n) is 1.97. The van der Waals surface area contributed by atoms with E-state index in [-0.39, 0.29) is 0 Å². The zero-order chi connectivity index (χ0) is 11.9. The van der Waals surface area contributed by atoms with Crippen LogP contribution >= 0.6 is 0 Å². The lowest BCUT2D eigenvalue weighted by Crippen LogP contribution is -2.43. The molecular formula is C14H21N3. The number of piperazine rings is 1. The number of pyridine rings is 1. The molecule has 0 unspecified atom stereocenters. The highest BCUT2D eigenvalue weighted by Crippen LogP contribution is 2.13. The molecule has 0 amide bonds. The number of hydrogen-bond acceptors (Lipinski definition) is 3. The van der Waals surface area contributed by atoms with Crippen molar-refractivity contribution in [1.82, 2.24) is 10.3 Å². The largest absolute Gasteiger partial charge is 0.354 e. The zero-order valence-corrected chi connectivity index (χ0v) is 10.5. The number of allylic oxidation sites excluding steroid dienone is 1. The number of hydrogen-bond donors (Lipinski definition) is 1. The van der Waals surface area contributed by atoms with Crippen molar-refractivity contribution in [1.29, 1.82) is 0 Å². The van der Waals surface area contributed by atoms with Gasteiger partial charge in [-0.25, -0.2) is 4.98 Å². The molecule has 1 aromatic heterocycles. The third kappa shape index (κ3) is 3.56. The Labute approximate surface area is 104 Å². The Balaban J connectivity index is 2.05. The number of nitrogens with one attached hydrogen (secondary N) is 1. The van der Waals surface area contributed by atoms with Gasteiger partial charge in [0.05, 0.1) is 5.69 Å². The third-order valence-corrected chi connectivity index (χ3v) is 2.94. The maximum atomic E-state index is 4.68. The van der Waals surface area contributed by atoms with Gasteiger partial charge in [0.2, 0.25) is 0 Å². The van der Waals surface area contributed by atoms with Crippen molar-refractivity contribution >= 4 is 11.9 Å². The molecule has 0 aromatic carbocycles. The van der Waals surface area contributed by atoms with Gasteiger partial charge < -0.3 is 10.2 Å². The number of nitrogens with zero attached hydrogens (tertiary/aromatic N) is 2. The van der Waals surface area contributed by atoms with Gasteiger partial charge in [-0.2, -0.15) is 0 Å². The lowest BCUT2D eigenvalue weighted by molar-refractivity contribution is 0.585. The van der Waals surface area contributed by atoms with Gasteiger partial charge in [0.15, 0.2) is 0 Å². The molecule has 0 spiro atoms. The highest BCUT2D eigenvalue weighted by atomic mass is 15.2. The SMILES string of the molecule is CCC/C=C/c1cccc(N2CCNCC2)n1. The molecule has 0 saturated carbocycles. The summed E-state index contributed by atoms with van der Waals surface area (Å²) in [4.78, 5) is 7.02. The Bertz CT molecular complexity index is 367. The van der Waals surface area contributed by atoms with E-state index < -0.39 is 0 Å². The fourth-order valence-corrected chi connectivity index (χ4v) is 1.97. The quantitative estimate of drug-likeness (QED) is 0.862. The summed E-state index contributed by atoms with van der Waals surface area (Å²) in [5.74, 6) is 1.10. The monoisotopic (exact) mass is 231 g/mol. The summed E-state index contributed by atoms with van der Waals surface area (Å²) in [6, 6.07) is 6.26. The van der Waals surface area contributed by atoms with Crippen LogP contribution in [0.15, 0.2) is 24.3 Å². The van der Waals surface area contributed by atoms with Gasteiger partial charge in [-0.3, -0.25) is 0 Å². The predicted molar refractivity (Wildman–Crippen MR) is 73.3 cm³/mol. The minimum atomic E-state index is 1.05. The van der Waals surface area contributed by atoms with Crippen LogP contribution in [-0.2, 0) is 0 Å². The molecule has 0 radical (unpaired) electrons. The van der Waals surface area contributed by atoms with Crippen LogP contribution in [0, 0.1) is 0 Å². The molecule has 0 aliphatic carbocycles. The highest BCUT2D eigenvalue weighted by molar-refractivity contribution is 5.50. The first kappa shape index (κ1) is 12.1. The van der Waals surface area contributed by atoms with E-state index in [0.717, 1.165) is 44.1 Å². The average Bonchev–Trinajstić information content (AvgIpc) is 2.41. The molecular weight excluding hydrogens is 210 g/mol. The van der Waals surface area contributed by atoms with E-state index in [2.05, 4.69) is 52.5 Å². The van der Waals surface area contributed by atoms with Gasteiger partial charge in [0.25, 0.3) is 0 Å². The third-order valence-electron chi connectivity index (χ3n) is 2.94. The average molecular weight is 231 g/mol. The first-order valence-corrected chi connectivity index (χ1v) is 6.49. The van der Waals surface area contributed by atoms with Crippen LogP contribution in [-0.4, -0.2) is 31.2 Å². The molecule has 0 atom stereocenters. The number of unbranched alkanes of at least 4 members (excludes halogenated alkanes) is 1. The molecule has 17 heavy (non-hydrogen) atoms. The van der Waals surface area contributed by atoms with Crippen LogP contribution in [0.3, 0.4) is 0 Å². The van der Waals surface area contributed by atoms with Crippen molar-refractivity contribution in [2.24, 2.45) is 0 Å². The molecule has 1 aliphatic heterocycles. The summed E-state index contributed by atoms with van der Waals surface area (Å²) >= 11 is 0. The minimum absolute atomic E-state index is 1.05. The topological polar surface area (TPSA) is 28.2 Å². The van der Waals surface area contributed by atoms with E-state index in [9.17, 15) is 0 Å². The molecule has 1 saturated heterocycles. The molecule has 1 N–H and O–H groups in total. The standard InChI is InChI=1S/C14H21N3/c1-2-3-4-6-13-7-5-8-14(16-13)17-11-9-15-10-12-17/h4-8,15H,2-3,9-12H2,1H3/b6-4+. The number of anilines is 1. The van der Waals surface area contributed by atoms with Gasteiger partial charge in [-0.05, 0) is 24.6 Å². The predicted octanol–water partition coefficient (Wildman–Crippen LogP) is 2.30. The van der Waals surface area contributed by atoms with Crippen LogP contribution in [0.4, 0.5) is 5.82 Å². The summed E-state index contributed by atoms with van der Waals surface area (Å²) in [6.07, 6.45) is 6.63. The van der Waals surface area contributed by atoms with E-state index in [0.29, 0.717) is 0 Å². The molecule has 1 fully saturated rings. The van der Waals surface area contributed by atoms with Crippen molar-refractivity contribution in [2.75, 3.05) is 31.1 Å². The highest BCUT2D eigenvalue weighted by Gasteiger charge is 2.10. The summed E-state index contributed by atoms with van der Waals surface area (Å²) in [5.41, 5.74) is 1.06. The van der Waals surface area contributed by atoms with Crippen LogP contribution in [0.5, 0.6) is 0 Å². The first-order chi connectivity index (χ1) is 8.40. The second-order valence-corrected chi connectivity index (χ2v) is 4.35. The van der Waals surface area contributed by atoms with Gasteiger partial charge >= 0.3 is 0 Å². The van der Waals surface area contributed by atoms with Crippen molar-refractivity contribution in [3.05, 3.63) is 30.0 Å². The molecule has 0 bridgehead atoms. The van der Waals surface area contributed by atoms with Crippen LogP contribution in [0.1, 0.15) is 25.5 Å². The molecule has 2 heterocycles. The Morgan fingerprint density at radius 3 is 2.94 bits per heavy atom. The van der Waals surface area contributed by atoms with Crippen molar-refractivity contribution in [3.8, 4) is 0 Å². The molecule has 3 heteroatoms. The van der Waals surface area contributed by atoms with Gasteiger partial charge in [-0.1, -0.05) is 25.5 Å². The Hall–Kier alpha value is -1.35. The fraction of sp³-hybridized carbons (Fsp3) is 0.500. The van der Waals surface area contributed by atoms with Crippen molar-refractivity contribution in [2.45, 2.75) is 19.8 Å². The van der Waals surface area contributed by atoms with Crippen molar-refractivity contribution < 1.29 is 0 Å². The summed E-state index contributed by atoms with van der Waals surface area (Å²) in [7, 11) is 0. The zero-order valence-electron chi connectivity index (χ0n) is 10.5. The van der Waals surface area contributed by atoms with Gasteiger partial charge in [0, 0.05) is 26.2 Å². The number of aromatic nitrogens is 1. The van der Waals surface area contributed by atoms with Crippen LogP contribution in [0.2, 0.25) is 0 Å². The Morgan fingerprint density at radius 1 is 1.35 bits per heavy atom. The molecule has 92 valence electrons. The molecule has 3 nitrogen and oxygen atoms in total. The Morgan fingerprint density at radius 2 is 2.18 bits per heavy atom. The maximum absolute atomic E-state index is 4.68. The lowest BCUT2D eigenvalue weighted by Gasteiger charge is -2.28. The summed E-state index contributed by atoms with van der Waals surface area (Å²) < 4.78 is 0. The normalized spacial score (nSPS) is 16.6. The summed E-state index contributed by atoms with van der Waals surface area (Å²) in [6.45, 7) is 6.40. The molecule has 1 aliphatic rings. The second-order valence-electron chi connectivity index (χ2n) is 4.35. The first-order valence-electron chi connectivity index (χ1n) is 6.49. The van der Waals surface area contributed by atoms with E-state index in [1.807, 2.05) is 0 Å². The van der Waals surface area contributed by atoms with E-state index in [1.54, 1.807) is 0 Å². The van der Waals surface area contributed by atoms with Crippen LogP contribution in [0.25, 0.3) is 6.08 Å². The van der Waals surface area contributed by atoms with Gasteiger partial charge in [-0.15, -0.1) is 0 Å². The second kappa shape index (κ2) is 6.40. The smallest absolute Gasteiger partial charge is 0.129 e. The number of rotatable bonds is 4. The van der Waals surface area contributed by atoms with E-state index in [4.69, 9.17) is 0 Å². The van der Waals surface area contributed by atoms with E-state index >= 15 is 0 Å². The van der Waals surface area contributed by atoms with Crippen molar-refractivity contribution in [3.63, 3.8) is 0 Å². The lowest BCUT2D eigenvalue weighted by atomic mass is 10.2. The summed E-state index contributed by atoms with van der Waals surface area (Å²) in [5, 5.41) is 3.36. The molecule has 2 rings (SSSR count). The maximum Gasteiger partial charge on any atom is 0.129 e. The molecule has 1 aromatic rings. The van der Waals surface area contributed by atoms with Gasteiger partial charge in [0.1, 0.15) is 5.82 Å². The van der Waals surface area contributed by atoms with E-state index in [1.165, 1.54) is 6.42 Å². The van der Waals surface area contributed by atoms with Crippen LogP contribution < -0.4 is 10.2 Å². The minimum Gasteiger partial charge on any atom is -0.354 e.